The van der Waals surface area contributed by atoms with Gasteiger partial charge in [0.15, 0.2) is 15.8 Å². The van der Waals surface area contributed by atoms with Crippen molar-refractivity contribution in [2.75, 3.05) is 6.61 Å². The molecule has 2 amide bonds. The molecule has 7 rings (SSSR count). The monoisotopic (exact) mass is 694 g/mol. The van der Waals surface area contributed by atoms with Gasteiger partial charge in [0, 0.05) is 15.6 Å². The van der Waals surface area contributed by atoms with Crippen LogP contribution in [0.15, 0.2) is 39.7 Å². The van der Waals surface area contributed by atoms with Crippen LogP contribution in [0.2, 0.25) is 10.0 Å². The topological polar surface area (TPSA) is 67.9 Å². The number of carbonyl (C=O) groups excluding carboxylic acids is 2. The summed E-state index contributed by atoms with van der Waals surface area (Å²) in [6.07, 6.45) is 8.24. The highest BCUT2D eigenvalue weighted by molar-refractivity contribution is 9.10. The van der Waals surface area contributed by atoms with Gasteiger partial charge in [0.05, 0.1) is 21.4 Å². The molecule has 2 aromatic carbocycles. The van der Waals surface area contributed by atoms with Crippen molar-refractivity contribution in [2.45, 2.75) is 52.1 Å². The zero-order valence-electron chi connectivity index (χ0n) is 22.4. The number of carbonyl (C=O) groups is 2. The second-order valence-corrected chi connectivity index (χ2v) is 14.8. The summed E-state index contributed by atoms with van der Waals surface area (Å²) in [4.78, 5) is 27.4. The van der Waals surface area contributed by atoms with Gasteiger partial charge in [0.2, 0.25) is 5.91 Å². The Bertz CT molecular complexity index is 1430. The van der Waals surface area contributed by atoms with Crippen molar-refractivity contribution in [3.05, 3.63) is 60.9 Å². The van der Waals surface area contributed by atoms with Gasteiger partial charge in [0.25, 0.3) is 5.91 Å². The third-order valence-electron chi connectivity index (χ3n) is 8.54. The number of hydrogen-bond donors (Lipinski definition) is 1. The lowest BCUT2D eigenvalue weighted by atomic mass is 9.49. The second kappa shape index (κ2) is 11.7. The third kappa shape index (κ3) is 5.90. The van der Waals surface area contributed by atoms with Crippen LogP contribution >= 0.6 is 63.1 Å². The SMILES string of the molecule is CCOc1cc(/C=C2\SC(=S)N(NC(=O)C34CC5CC(CC(C5)C3)C4)C2=O)cc(Br)c1OCc1ccc(Cl)cc1Cl. The maximum Gasteiger partial charge on any atom is 0.285 e. The zero-order valence-corrected chi connectivity index (χ0v) is 27.1. The van der Waals surface area contributed by atoms with Crippen molar-refractivity contribution < 1.29 is 19.1 Å². The summed E-state index contributed by atoms with van der Waals surface area (Å²) in [5.41, 5.74) is 4.06. The molecule has 0 atom stereocenters. The summed E-state index contributed by atoms with van der Waals surface area (Å²) < 4.78 is 12.9. The molecule has 216 valence electrons. The first kappa shape index (κ1) is 29.3. The lowest BCUT2D eigenvalue weighted by Crippen LogP contribution is -2.57. The highest BCUT2D eigenvalue weighted by Crippen LogP contribution is 2.60. The molecule has 4 aliphatic carbocycles. The highest BCUT2D eigenvalue weighted by atomic mass is 79.9. The molecule has 1 heterocycles. The lowest BCUT2D eigenvalue weighted by Gasteiger charge is -2.55. The first-order valence-corrected chi connectivity index (χ1v) is 16.5. The number of ether oxygens (including phenoxy) is 2. The third-order valence-corrected chi connectivity index (χ3v) is 11.0. The van der Waals surface area contributed by atoms with E-state index in [1.54, 1.807) is 18.2 Å². The summed E-state index contributed by atoms with van der Waals surface area (Å²) in [6.45, 7) is 2.53. The molecule has 0 radical (unpaired) electrons. The van der Waals surface area contributed by atoms with E-state index in [0.29, 0.717) is 59.6 Å². The van der Waals surface area contributed by atoms with Crippen molar-refractivity contribution in [1.82, 2.24) is 10.4 Å². The van der Waals surface area contributed by atoms with Crippen LogP contribution in [0.3, 0.4) is 0 Å². The molecule has 41 heavy (non-hydrogen) atoms. The molecule has 0 unspecified atom stereocenters. The number of rotatable bonds is 8. The van der Waals surface area contributed by atoms with Gasteiger partial charge >= 0.3 is 0 Å². The molecule has 4 bridgehead atoms. The predicted octanol–water partition coefficient (Wildman–Crippen LogP) is 8.18. The van der Waals surface area contributed by atoms with Crippen molar-refractivity contribution in [1.29, 1.82) is 0 Å². The van der Waals surface area contributed by atoms with Crippen molar-refractivity contribution in [2.24, 2.45) is 23.2 Å². The standard InChI is InChI=1S/C30H29BrCl2N2O4S2/c1-2-38-24-9-16(8-22(31)26(24)39-15-20-3-4-21(32)11-23(20)33)10-25-27(36)35(29(40)41-25)34-28(37)30-12-17-5-18(13-30)7-19(6-17)14-30/h3-4,8-11,17-19H,2,5-7,12-15H2,1H3,(H,34,37)/b25-10-. The van der Waals surface area contributed by atoms with Gasteiger partial charge in [-0.15, -0.1) is 0 Å². The van der Waals surface area contributed by atoms with Gasteiger partial charge < -0.3 is 9.47 Å². The Morgan fingerprint density at radius 3 is 2.46 bits per heavy atom. The quantitative estimate of drug-likeness (QED) is 0.222. The summed E-state index contributed by atoms with van der Waals surface area (Å²) in [5, 5.41) is 2.32. The average molecular weight is 697 g/mol. The van der Waals surface area contributed by atoms with E-state index >= 15 is 0 Å². The van der Waals surface area contributed by atoms with E-state index < -0.39 is 0 Å². The van der Waals surface area contributed by atoms with E-state index in [1.165, 1.54) is 36.0 Å². The van der Waals surface area contributed by atoms with E-state index in [1.807, 2.05) is 25.1 Å². The van der Waals surface area contributed by atoms with E-state index in [2.05, 4.69) is 21.4 Å². The largest absolute Gasteiger partial charge is 0.490 e. The first-order valence-electron chi connectivity index (χ1n) is 13.8. The molecule has 6 nitrogen and oxygen atoms in total. The summed E-state index contributed by atoms with van der Waals surface area (Å²) in [5.74, 6) is 2.54. The molecular formula is C30H29BrCl2N2O4S2. The van der Waals surface area contributed by atoms with Crippen LogP contribution < -0.4 is 14.9 Å². The minimum Gasteiger partial charge on any atom is -0.490 e. The lowest BCUT2D eigenvalue weighted by molar-refractivity contribution is -0.152. The van der Waals surface area contributed by atoms with Crippen LogP contribution in [0.25, 0.3) is 6.08 Å². The van der Waals surface area contributed by atoms with Crippen molar-refractivity contribution in [3.8, 4) is 11.5 Å². The number of thioether (sulfide) groups is 1. The highest BCUT2D eigenvalue weighted by Gasteiger charge is 2.55. The van der Waals surface area contributed by atoms with Crippen LogP contribution in [0, 0.1) is 23.2 Å². The van der Waals surface area contributed by atoms with Crippen molar-refractivity contribution in [3.63, 3.8) is 0 Å². The number of nitrogens with zero attached hydrogens (tertiary/aromatic N) is 1. The Hall–Kier alpha value is -1.78. The predicted molar refractivity (Wildman–Crippen MR) is 170 cm³/mol. The van der Waals surface area contributed by atoms with Gasteiger partial charge in [-0.1, -0.05) is 41.0 Å². The summed E-state index contributed by atoms with van der Waals surface area (Å²) in [6, 6.07) is 8.91. The summed E-state index contributed by atoms with van der Waals surface area (Å²) in [7, 11) is 0. The van der Waals surface area contributed by atoms with Crippen LogP contribution in [0.1, 0.15) is 56.6 Å². The molecule has 0 aromatic heterocycles. The Morgan fingerprint density at radius 1 is 1.15 bits per heavy atom. The molecule has 0 spiro atoms. The van der Waals surface area contributed by atoms with E-state index in [0.717, 1.165) is 30.4 Å². The minimum absolute atomic E-state index is 0.0576. The summed E-state index contributed by atoms with van der Waals surface area (Å²) >= 11 is 22.6. The number of nitrogens with one attached hydrogen (secondary N) is 1. The fourth-order valence-corrected chi connectivity index (χ4v) is 9.40. The molecule has 5 fully saturated rings. The van der Waals surface area contributed by atoms with Crippen LogP contribution in [-0.4, -0.2) is 27.8 Å². The van der Waals surface area contributed by atoms with Crippen molar-refractivity contribution >= 4 is 85.3 Å². The Kier molecular flexibility index (Phi) is 8.37. The molecule has 1 N–H and O–H groups in total. The number of hydrazine groups is 1. The Morgan fingerprint density at radius 2 is 1.83 bits per heavy atom. The minimum atomic E-state index is -0.370. The fourth-order valence-electron chi connectivity index (χ4n) is 7.19. The number of amides is 2. The number of thiocarbonyl (C=S) groups is 1. The maximum absolute atomic E-state index is 13.6. The van der Waals surface area contributed by atoms with Gasteiger partial charge in [0.1, 0.15) is 6.61 Å². The first-order chi connectivity index (χ1) is 19.6. The van der Waals surface area contributed by atoms with Gasteiger partial charge in [-0.3, -0.25) is 15.0 Å². The number of halogens is 3. The number of benzene rings is 2. The smallest absolute Gasteiger partial charge is 0.285 e. The average Bonchev–Trinajstić information content (AvgIpc) is 3.16. The van der Waals surface area contributed by atoms with E-state index in [-0.39, 0.29) is 23.8 Å². The molecule has 11 heteroatoms. The van der Waals surface area contributed by atoms with Crippen LogP contribution in [-0.2, 0) is 16.2 Å². The zero-order chi connectivity index (χ0) is 28.9. The van der Waals surface area contributed by atoms with Gasteiger partial charge in [-0.05, 0) is 127 Å². The molecule has 5 aliphatic rings. The fraction of sp³-hybridized carbons (Fsp3) is 0.433. The van der Waals surface area contributed by atoms with E-state index in [4.69, 9.17) is 44.9 Å². The molecule has 2 aromatic rings. The Balaban J connectivity index is 1.18. The van der Waals surface area contributed by atoms with E-state index in [9.17, 15) is 9.59 Å². The molecular weight excluding hydrogens is 667 g/mol. The molecule has 1 aliphatic heterocycles. The maximum atomic E-state index is 13.6. The molecule has 4 saturated carbocycles. The van der Waals surface area contributed by atoms with Crippen LogP contribution in [0.4, 0.5) is 0 Å². The van der Waals surface area contributed by atoms with Crippen LogP contribution in [0.5, 0.6) is 11.5 Å². The van der Waals surface area contributed by atoms with Gasteiger partial charge in [-0.2, -0.15) is 5.01 Å². The normalized spacial score (nSPS) is 27.6. The molecule has 1 saturated heterocycles. The second-order valence-electron chi connectivity index (χ2n) is 11.4. The number of hydrogen-bond acceptors (Lipinski definition) is 6. The Labute approximate surface area is 267 Å². The van der Waals surface area contributed by atoms with Gasteiger partial charge in [-0.25, -0.2) is 0 Å².